The molecule has 3 aromatic rings. The van der Waals surface area contributed by atoms with Gasteiger partial charge >= 0.3 is 0 Å². The highest BCUT2D eigenvalue weighted by molar-refractivity contribution is 6.01. The highest BCUT2D eigenvalue weighted by Crippen LogP contribution is 2.48. The Bertz CT molecular complexity index is 1140. The molecule has 6 nitrogen and oxygen atoms in total. The van der Waals surface area contributed by atoms with E-state index in [1.54, 1.807) is 13.3 Å². The molecule has 1 aliphatic carbocycles. The Labute approximate surface area is 187 Å². The third kappa shape index (κ3) is 3.73. The van der Waals surface area contributed by atoms with Crippen LogP contribution in [0.4, 0.5) is 0 Å². The summed E-state index contributed by atoms with van der Waals surface area (Å²) in [4.78, 5) is 33.4. The molecule has 32 heavy (non-hydrogen) atoms. The van der Waals surface area contributed by atoms with E-state index < -0.39 is 12.0 Å². The van der Waals surface area contributed by atoms with Crippen molar-refractivity contribution in [3.8, 4) is 5.75 Å². The molecular formula is C26H25N3O3. The third-order valence-corrected chi connectivity index (χ3v) is 6.20. The zero-order valence-corrected chi connectivity index (χ0v) is 17.9. The maximum atomic E-state index is 13.7. The molecule has 0 saturated heterocycles. The van der Waals surface area contributed by atoms with Crippen LogP contribution in [0.2, 0.25) is 0 Å². The molecule has 1 N–H and O–H groups in total. The molecular weight excluding hydrogens is 402 g/mol. The molecule has 2 atom stereocenters. The summed E-state index contributed by atoms with van der Waals surface area (Å²) in [5.74, 6) is 0.0521. The molecule has 0 radical (unpaired) electrons. The second-order valence-corrected chi connectivity index (χ2v) is 8.27. The number of fused-ring (bicyclic) bond motifs is 1. The number of hydrogen-bond donors (Lipinski definition) is 1. The number of nitrogens with zero attached hydrogens (tertiary/aromatic N) is 2. The number of aromatic nitrogens is 1. The number of carbonyl (C=O) groups excluding carboxylic acids is 2. The van der Waals surface area contributed by atoms with E-state index in [1.165, 1.54) is 0 Å². The lowest BCUT2D eigenvalue weighted by molar-refractivity contribution is -0.124. The van der Waals surface area contributed by atoms with Crippen LogP contribution in [0.25, 0.3) is 0 Å². The van der Waals surface area contributed by atoms with Crippen LogP contribution in [0, 0.1) is 0 Å². The standard InChI is InChI=1S/C26H25N3O3/c1-32-20-9-6-7-17(15-20)24-23(25(30)28-16-18-8-4-5-14-27-18)21-10-2-3-11-22(21)26(31)29(24)19-12-13-19/h2-11,14-15,19,23-24H,12-13,16H2,1H3,(H,28,30)/t23-,24+/m0/s1. The first-order chi connectivity index (χ1) is 15.7. The number of nitrogens with one attached hydrogen (secondary N) is 1. The highest BCUT2D eigenvalue weighted by atomic mass is 16.5. The molecule has 1 saturated carbocycles. The maximum Gasteiger partial charge on any atom is 0.254 e. The first-order valence-electron chi connectivity index (χ1n) is 10.9. The summed E-state index contributed by atoms with van der Waals surface area (Å²) in [6.45, 7) is 0.334. The summed E-state index contributed by atoms with van der Waals surface area (Å²) in [5.41, 5.74) is 3.06. The minimum Gasteiger partial charge on any atom is -0.497 e. The molecule has 5 rings (SSSR count). The van der Waals surface area contributed by atoms with Gasteiger partial charge < -0.3 is 15.0 Å². The van der Waals surface area contributed by atoms with Gasteiger partial charge in [-0.15, -0.1) is 0 Å². The Morgan fingerprint density at radius 3 is 2.66 bits per heavy atom. The van der Waals surface area contributed by atoms with Crippen LogP contribution in [0.3, 0.4) is 0 Å². The van der Waals surface area contributed by atoms with Crippen LogP contribution in [0.15, 0.2) is 72.9 Å². The summed E-state index contributed by atoms with van der Waals surface area (Å²) < 4.78 is 5.44. The van der Waals surface area contributed by atoms with Gasteiger partial charge in [0.25, 0.3) is 5.91 Å². The van der Waals surface area contributed by atoms with E-state index in [9.17, 15) is 9.59 Å². The van der Waals surface area contributed by atoms with Gasteiger partial charge in [0.15, 0.2) is 0 Å². The molecule has 0 spiro atoms. The van der Waals surface area contributed by atoms with Gasteiger partial charge in [-0.2, -0.15) is 0 Å². The van der Waals surface area contributed by atoms with Gasteiger partial charge in [-0.3, -0.25) is 14.6 Å². The summed E-state index contributed by atoms with van der Waals surface area (Å²) in [7, 11) is 1.62. The van der Waals surface area contributed by atoms with Crippen molar-refractivity contribution in [2.24, 2.45) is 0 Å². The van der Waals surface area contributed by atoms with Crippen molar-refractivity contribution in [3.05, 3.63) is 95.3 Å². The first-order valence-corrected chi connectivity index (χ1v) is 10.9. The van der Waals surface area contributed by atoms with Gasteiger partial charge in [0.1, 0.15) is 5.75 Å². The average Bonchev–Trinajstić information content (AvgIpc) is 3.68. The summed E-state index contributed by atoms with van der Waals surface area (Å²) in [5, 5.41) is 3.06. The Morgan fingerprint density at radius 2 is 1.91 bits per heavy atom. The number of hydrogen-bond acceptors (Lipinski definition) is 4. The van der Waals surface area contributed by atoms with Gasteiger partial charge in [-0.25, -0.2) is 0 Å². The lowest BCUT2D eigenvalue weighted by Gasteiger charge is -2.42. The van der Waals surface area contributed by atoms with Gasteiger partial charge in [0, 0.05) is 17.8 Å². The van der Waals surface area contributed by atoms with Gasteiger partial charge in [-0.1, -0.05) is 36.4 Å². The van der Waals surface area contributed by atoms with Crippen LogP contribution in [-0.4, -0.2) is 34.8 Å². The molecule has 2 amide bonds. The zero-order valence-electron chi connectivity index (χ0n) is 17.9. The Balaban J connectivity index is 1.58. The van der Waals surface area contributed by atoms with Gasteiger partial charge in [0.05, 0.1) is 31.3 Å². The molecule has 1 fully saturated rings. The lowest BCUT2D eigenvalue weighted by Crippen LogP contribution is -2.48. The van der Waals surface area contributed by atoms with E-state index >= 15 is 0 Å². The topological polar surface area (TPSA) is 71.5 Å². The smallest absolute Gasteiger partial charge is 0.254 e. The van der Waals surface area contributed by atoms with E-state index in [2.05, 4.69) is 10.3 Å². The quantitative estimate of drug-likeness (QED) is 0.649. The fraction of sp³-hybridized carbons (Fsp3) is 0.269. The number of carbonyl (C=O) groups is 2. The predicted octanol–water partition coefficient (Wildman–Crippen LogP) is 3.85. The predicted molar refractivity (Wildman–Crippen MR) is 120 cm³/mol. The molecule has 6 heteroatoms. The van der Waals surface area contributed by atoms with Crippen molar-refractivity contribution in [2.75, 3.05) is 7.11 Å². The van der Waals surface area contributed by atoms with E-state index in [4.69, 9.17) is 4.74 Å². The molecule has 2 aliphatic rings. The minimum absolute atomic E-state index is 0.00954. The maximum absolute atomic E-state index is 13.7. The lowest BCUT2D eigenvalue weighted by atomic mass is 9.79. The Morgan fingerprint density at radius 1 is 1.09 bits per heavy atom. The van der Waals surface area contributed by atoms with Crippen LogP contribution in [0.1, 0.15) is 52.0 Å². The van der Waals surface area contributed by atoms with E-state index in [1.807, 2.05) is 71.6 Å². The number of benzene rings is 2. The van der Waals surface area contributed by atoms with Crippen LogP contribution in [-0.2, 0) is 11.3 Å². The normalized spacial score (nSPS) is 19.9. The molecule has 1 aliphatic heterocycles. The van der Waals surface area contributed by atoms with Crippen molar-refractivity contribution in [1.29, 1.82) is 0 Å². The summed E-state index contributed by atoms with van der Waals surface area (Å²) in [6, 6.07) is 20.5. The molecule has 2 aromatic carbocycles. The number of ether oxygens (including phenoxy) is 1. The fourth-order valence-corrected chi connectivity index (χ4v) is 4.56. The number of rotatable bonds is 6. The van der Waals surface area contributed by atoms with Crippen LogP contribution < -0.4 is 10.1 Å². The monoisotopic (exact) mass is 427 g/mol. The number of pyridine rings is 1. The first kappa shape index (κ1) is 20.2. The number of amides is 2. The van der Waals surface area contributed by atoms with Crippen molar-refractivity contribution in [2.45, 2.75) is 37.4 Å². The van der Waals surface area contributed by atoms with Crippen molar-refractivity contribution in [3.63, 3.8) is 0 Å². The fourth-order valence-electron chi connectivity index (χ4n) is 4.56. The summed E-state index contributed by atoms with van der Waals surface area (Å²) >= 11 is 0. The Hall–Kier alpha value is -3.67. The second kappa shape index (κ2) is 8.46. The largest absolute Gasteiger partial charge is 0.497 e. The van der Waals surface area contributed by atoms with E-state index in [0.29, 0.717) is 17.9 Å². The van der Waals surface area contributed by atoms with Gasteiger partial charge in [-0.05, 0) is 54.3 Å². The zero-order chi connectivity index (χ0) is 22.1. The second-order valence-electron chi connectivity index (χ2n) is 8.27. The van der Waals surface area contributed by atoms with Crippen molar-refractivity contribution >= 4 is 11.8 Å². The molecule has 162 valence electrons. The van der Waals surface area contributed by atoms with Gasteiger partial charge in [0.2, 0.25) is 5.91 Å². The van der Waals surface area contributed by atoms with Crippen molar-refractivity contribution < 1.29 is 14.3 Å². The SMILES string of the molecule is COc1cccc([C@@H]2[C@@H](C(=O)NCc3ccccn3)c3ccccc3C(=O)N2C2CC2)c1. The third-order valence-electron chi connectivity index (χ3n) is 6.20. The van der Waals surface area contributed by atoms with E-state index in [-0.39, 0.29) is 17.9 Å². The van der Waals surface area contributed by atoms with E-state index in [0.717, 1.165) is 29.7 Å². The molecule has 0 bridgehead atoms. The summed E-state index contributed by atoms with van der Waals surface area (Å²) in [6.07, 6.45) is 3.62. The molecule has 1 aromatic heterocycles. The number of methoxy groups -OCH3 is 1. The van der Waals surface area contributed by atoms with Crippen molar-refractivity contribution in [1.82, 2.24) is 15.2 Å². The van der Waals surface area contributed by atoms with Crippen LogP contribution >= 0.6 is 0 Å². The highest BCUT2D eigenvalue weighted by Gasteiger charge is 2.49. The molecule has 0 unspecified atom stereocenters. The Kier molecular flexibility index (Phi) is 5.35. The van der Waals surface area contributed by atoms with Crippen LogP contribution in [0.5, 0.6) is 5.75 Å². The molecule has 2 heterocycles. The average molecular weight is 428 g/mol. The minimum atomic E-state index is -0.527.